The molecule has 0 radical (unpaired) electrons. The number of ether oxygens (including phenoxy) is 2. The van der Waals surface area contributed by atoms with Gasteiger partial charge in [-0.25, -0.2) is 0 Å². The van der Waals surface area contributed by atoms with Crippen molar-refractivity contribution in [3.8, 4) is 17.2 Å². The molecule has 0 aliphatic heterocycles. The van der Waals surface area contributed by atoms with Crippen LogP contribution in [0.1, 0.15) is 24.0 Å². The largest absolute Gasteiger partial charge is 0.497 e. The Bertz CT molecular complexity index is 686. The van der Waals surface area contributed by atoms with Gasteiger partial charge in [-0.3, -0.25) is 0 Å². The fourth-order valence-corrected chi connectivity index (χ4v) is 3.16. The number of aliphatic hydroxyl groups excluding tert-OH is 1. The average molecular weight is 313 g/mol. The Hall–Kier alpha value is -2.04. The summed E-state index contributed by atoms with van der Waals surface area (Å²) in [5, 5.41) is 9.17. The maximum Gasteiger partial charge on any atom is 0.131 e. The van der Waals surface area contributed by atoms with Gasteiger partial charge in [-0.15, -0.1) is 0 Å². The van der Waals surface area contributed by atoms with E-state index in [0.29, 0.717) is 6.42 Å². The summed E-state index contributed by atoms with van der Waals surface area (Å²) in [5.41, 5.74) is 8.63. The molecule has 0 fully saturated rings. The van der Waals surface area contributed by atoms with Crippen molar-refractivity contribution in [2.75, 3.05) is 13.7 Å². The van der Waals surface area contributed by atoms with Crippen LogP contribution in [0.2, 0.25) is 0 Å². The first kappa shape index (κ1) is 15.8. The van der Waals surface area contributed by atoms with Crippen molar-refractivity contribution in [2.24, 2.45) is 5.73 Å². The Morgan fingerprint density at radius 3 is 2.65 bits per heavy atom. The molecule has 0 spiro atoms. The zero-order chi connectivity index (χ0) is 16.3. The third-order valence-electron chi connectivity index (χ3n) is 4.50. The van der Waals surface area contributed by atoms with Crippen LogP contribution in [-0.4, -0.2) is 24.4 Å². The smallest absolute Gasteiger partial charge is 0.131 e. The second-order valence-corrected chi connectivity index (χ2v) is 6.22. The molecule has 1 unspecified atom stereocenters. The molecule has 3 N–H and O–H groups in total. The summed E-state index contributed by atoms with van der Waals surface area (Å²) in [6, 6.07) is 13.7. The second-order valence-electron chi connectivity index (χ2n) is 6.22. The van der Waals surface area contributed by atoms with Crippen LogP contribution >= 0.6 is 0 Å². The number of benzene rings is 2. The van der Waals surface area contributed by atoms with E-state index in [1.807, 2.05) is 30.3 Å². The molecule has 0 saturated carbocycles. The van der Waals surface area contributed by atoms with Crippen LogP contribution in [0.4, 0.5) is 0 Å². The van der Waals surface area contributed by atoms with Crippen LogP contribution in [0.3, 0.4) is 0 Å². The highest BCUT2D eigenvalue weighted by atomic mass is 16.5. The first-order chi connectivity index (χ1) is 11.1. The number of hydrogen-bond acceptors (Lipinski definition) is 4. The minimum Gasteiger partial charge on any atom is -0.497 e. The standard InChI is InChI=1S/C19H23NO3/c1-22-16-3-2-4-17(12-16)23-18-6-5-15-13-19(20,9-10-21)8-7-14(15)11-18/h2-6,11-12,21H,7-10,13,20H2,1H3. The molecule has 2 aromatic rings. The number of rotatable bonds is 5. The molecule has 0 saturated heterocycles. The van der Waals surface area contributed by atoms with Gasteiger partial charge in [-0.1, -0.05) is 12.1 Å². The van der Waals surface area contributed by atoms with Gasteiger partial charge in [0.25, 0.3) is 0 Å². The quantitative estimate of drug-likeness (QED) is 0.890. The van der Waals surface area contributed by atoms with Gasteiger partial charge < -0.3 is 20.3 Å². The topological polar surface area (TPSA) is 64.7 Å². The van der Waals surface area contributed by atoms with E-state index in [9.17, 15) is 5.11 Å². The minimum absolute atomic E-state index is 0.142. The molecule has 1 atom stereocenters. The van der Waals surface area contributed by atoms with Crippen LogP contribution in [0.5, 0.6) is 17.2 Å². The molecular weight excluding hydrogens is 290 g/mol. The summed E-state index contributed by atoms with van der Waals surface area (Å²) in [7, 11) is 1.64. The van der Waals surface area contributed by atoms with E-state index in [1.54, 1.807) is 7.11 Å². The average Bonchev–Trinajstić information content (AvgIpc) is 2.55. The molecule has 23 heavy (non-hydrogen) atoms. The zero-order valence-electron chi connectivity index (χ0n) is 13.4. The summed E-state index contributed by atoms with van der Waals surface area (Å²) in [6.45, 7) is 0.142. The summed E-state index contributed by atoms with van der Waals surface area (Å²) < 4.78 is 11.1. The monoisotopic (exact) mass is 313 g/mol. The van der Waals surface area contributed by atoms with E-state index < -0.39 is 0 Å². The van der Waals surface area contributed by atoms with E-state index in [4.69, 9.17) is 15.2 Å². The lowest BCUT2D eigenvalue weighted by Gasteiger charge is -2.34. The number of nitrogens with two attached hydrogens (primary N) is 1. The Labute approximate surface area is 136 Å². The molecule has 3 rings (SSSR count). The number of fused-ring (bicyclic) bond motifs is 1. The number of methoxy groups -OCH3 is 1. The Morgan fingerprint density at radius 2 is 1.87 bits per heavy atom. The first-order valence-electron chi connectivity index (χ1n) is 7.95. The molecule has 0 amide bonds. The Kier molecular flexibility index (Phi) is 4.55. The van der Waals surface area contributed by atoms with Gasteiger partial charge in [-0.05, 0) is 61.1 Å². The van der Waals surface area contributed by atoms with Crippen LogP contribution < -0.4 is 15.2 Å². The first-order valence-corrected chi connectivity index (χ1v) is 7.95. The van der Waals surface area contributed by atoms with E-state index >= 15 is 0 Å². The molecule has 1 aliphatic carbocycles. The molecule has 1 aliphatic rings. The molecule has 0 heterocycles. The third kappa shape index (κ3) is 3.66. The fourth-order valence-electron chi connectivity index (χ4n) is 3.16. The number of hydrogen-bond donors (Lipinski definition) is 2. The lowest BCUT2D eigenvalue weighted by atomic mass is 9.77. The zero-order valence-corrected chi connectivity index (χ0v) is 13.4. The van der Waals surface area contributed by atoms with E-state index in [1.165, 1.54) is 11.1 Å². The van der Waals surface area contributed by atoms with Crippen LogP contribution in [0, 0.1) is 0 Å². The molecule has 2 aromatic carbocycles. The van der Waals surface area contributed by atoms with Gasteiger partial charge >= 0.3 is 0 Å². The predicted octanol–water partition coefficient (Wildman–Crippen LogP) is 3.06. The van der Waals surface area contributed by atoms with E-state index in [2.05, 4.69) is 12.1 Å². The van der Waals surface area contributed by atoms with Gasteiger partial charge in [0, 0.05) is 18.2 Å². The maximum atomic E-state index is 9.17. The predicted molar refractivity (Wildman–Crippen MR) is 90.2 cm³/mol. The summed E-state index contributed by atoms with van der Waals surface area (Å²) >= 11 is 0. The van der Waals surface area contributed by atoms with Crippen molar-refractivity contribution in [1.29, 1.82) is 0 Å². The lowest BCUT2D eigenvalue weighted by Crippen LogP contribution is -2.45. The Balaban J connectivity index is 1.77. The third-order valence-corrected chi connectivity index (χ3v) is 4.50. The molecular formula is C19H23NO3. The lowest BCUT2D eigenvalue weighted by molar-refractivity contribution is 0.225. The van der Waals surface area contributed by atoms with Gasteiger partial charge in [-0.2, -0.15) is 0 Å². The van der Waals surface area contributed by atoms with Crippen molar-refractivity contribution in [1.82, 2.24) is 0 Å². The van der Waals surface area contributed by atoms with Crippen molar-refractivity contribution in [3.63, 3.8) is 0 Å². The number of aliphatic hydroxyl groups is 1. The highest BCUT2D eigenvalue weighted by molar-refractivity contribution is 5.42. The normalized spacial score (nSPS) is 20.0. The van der Waals surface area contributed by atoms with E-state index in [0.717, 1.165) is 36.5 Å². The SMILES string of the molecule is COc1cccc(Oc2ccc3c(c2)CCC(N)(CCO)C3)c1. The minimum atomic E-state index is -0.281. The van der Waals surface area contributed by atoms with Gasteiger partial charge in [0.1, 0.15) is 17.2 Å². The Morgan fingerprint density at radius 1 is 1.09 bits per heavy atom. The van der Waals surface area contributed by atoms with Crippen molar-refractivity contribution in [3.05, 3.63) is 53.6 Å². The van der Waals surface area contributed by atoms with Gasteiger partial charge in [0.05, 0.1) is 7.11 Å². The summed E-state index contributed by atoms with van der Waals surface area (Å²) in [6.07, 6.45) is 3.27. The highest BCUT2D eigenvalue weighted by Crippen LogP contribution is 2.33. The fraction of sp³-hybridized carbons (Fsp3) is 0.368. The summed E-state index contributed by atoms with van der Waals surface area (Å²) in [5.74, 6) is 2.36. The molecule has 0 aromatic heterocycles. The molecule has 4 nitrogen and oxygen atoms in total. The van der Waals surface area contributed by atoms with Crippen molar-refractivity contribution < 1.29 is 14.6 Å². The second kappa shape index (κ2) is 6.60. The highest BCUT2D eigenvalue weighted by Gasteiger charge is 2.30. The van der Waals surface area contributed by atoms with E-state index in [-0.39, 0.29) is 12.1 Å². The van der Waals surface area contributed by atoms with Gasteiger partial charge in [0.15, 0.2) is 0 Å². The van der Waals surface area contributed by atoms with Gasteiger partial charge in [0.2, 0.25) is 0 Å². The number of aryl methyl sites for hydroxylation is 1. The molecule has 122 valence electrons. The summed E-state index contributed by atoms with van der Waals surface area (Å²) in [4.78, 5) is 0. The molecule has 0 bridgehead atoms. The maximum absolute atomic E-state index is 9.17. The molecule has 4 heteroatoms. The van der Waals surface area contributed by atoms with Crippen LogP contribution in [0.15, 0.2) is 42.5 Å². The van der Waals surface area contributed by atoms with Crippen molar-refractivity contribution >= 4 is 0 Å². The van der Waals surface area contributed by atoms with Crippen LogP contribution in [0.25, 0.3) is 0 Å². The van der Waals surface area contributed by atoms with Crippen LogP contribution in [-0.2, 0) is 12.8 Å². The van der Waals surface area contributed by atoms with Crippen molar-refractivity contribution in [2.45, 2.75) is 31.2 Å².